The molecule has 0 saturated carbocycles. The summed E-state index contributed by atoms with van der Waals surface area (Å²) in [6.45, 7) is 2.64. The van der Waals surface area contributed by atoms with Gasteiger partial charge in [0.1, 0.15) is 5.69 Å². The summed E-state index contributed by atoms with van der Waals surface area (Å²) < 4.78 is 6.82. The first-order valence-corrected chi connectivity index (χ1v) is 7.86. The van der Waals surface area contributed by atoms with E-state index in [2.05, 4.69) is 10.3 Å². The number of carbonyl (C=O) groups excluding carboxylic acids is 1. The van der Waals surface area contributed by atoms with Crippen molar-refractivity contribution in [2.24, 2.45) is 0 Å². The van der Waals surface area contributed by atoms with Gasteiger partial charge < -0.3 is 4.74 Å². The molecule has 0 atom stereocenters. The molecule has 5 nitrogen and oxygen atoms in total. The quantitative estimate of drug-likeness (QED) is 0.679. The molecule has 0 aliphatic heterocycles. The molecule has 0 amide bonds. The SMILES string of the molecule is CCOC(=O)c1nnn(Cc2ccccc2)c1-c1cccs1. The first-order valence-electron chi connectivity index (χ1n) is 6.98. The Morgan fingerprint density at radius 3 is 2.73 bits per heavy atom. The Kier molecular flexibility index (Phi) is 4.29. The topological polar surface area (TPSA) is 57.0 Å². The molecule has 2 heterocycles. The highest BCUT2D eigenvalue weighted by Gasteiger charge is 2.22. The Morgan fingerprint density at radius 2 is 2.05 bits per heavy atom. The maximum Gasteiger partial charge on any atom is 0.361 e. The van der Waals surface area contributed by atoms with E-state index in [0.717, 1.165) is 10.4 Å². The van der Waals surface area contributed by atoms with Crippen molar-refractivity contribution < 1.29 is 9.53 Å². The van der Waals surface area contributed by atoms with Crippen LogP contribution in [0.25, 0.3) is 10.6 Å². The molecule has 0 saturated heterocycles. The summed E-state index contributed by atoms with van der Waals surface area (Å²) >= 11 is 1.55. The number of carbonyl (C=O) groups is 1. The van der Waals surface area contributed by atoms with Crippen LogP contribution < -0.4 is 0 Å². The number of benzene rings is 1. The van der Waals surface area contributed by atoms with Gasteiger partial charge in [0.2, 0.25) is 0 Å². The third kappa shape index (κ3) is 2.92. The second kappa shape index (κ2) is 6.53. The van der Waals surface area contributed by atoms with Crippen molar-refractivity contribution in [1.82, 2.24) is 15.0 Å². The van der Waals surface area contributed by atoms with Crippen LogP contribution in [0.3, 0.4) is 0 Å². The third-order valence-electron chi connectivity index (χ3n) is 3.13. The summed E-state index contributed by atoms with van der Waals surface area (Å²) in [6, 6.07) is 13.8. The number of nitrogens with zero attached hydrogens (tertiary/aromatic N) is 3. The van der Waals surface area contributed by atoms with Gasteiger partial charge in [0.15, 0.2) is 5.69 Å². The van der Waals surface area contributed by atoms with Crippen molar-refractivity contribution in [2.45, 2.75) is 13.5 Å². The molecular formula is C16H15N3O2S. The molecule has 0 spiro atoms. The van der Waals surface area contributed by atoms with E-state index in [4.69, 9.17) is 4.74 Å². The van der Waals surface area contributed by atoms with Crippen LogP contribution in [0, 0.1) is 0 Å². The van der Waals surface area contributed by atoms with Crippen molar-refractivity contribution in [3.05, 3.63) is 59.1 Å². The normalized spacial score (nSPS) is 10.6. The summed E-state index contributed by atoms with van der Waals surface area (Å²) in [5.41, 5.74) is 2.07. The Labute approximate surface area is 132 Å². The van der Waals surface area contributed by atoms with Gasteiger partial charge in [-0.25, -0.2) is 9.48 Å². The second-order valence-corrected chi connectivity index (χ2v) is 5.58. The van der Waals surface area contributed by atoms with E-state index in [1.54, 1.807) is 22.9 Å². The minimum absolute atomic E-state index is 0.264. The lowest BCUT2D eigenvalue weighted by molar-refractivity contribution is 0.0520. The van der Waals surface area contributed by atoms with E-state index < -0.39 is 5.97 Å². The molecule has 22 heavy (non-hydrogen) atoms. The Morgan fingerprint density at radius 1 is 1.23 bits per heavy atom. The highest BCUT2D eigenvalue weighted by molar-refractivity contribution is 7.13. The monoisotopic (exact) mass is 313 g/mol. The van der Waals surface area contributed by atoms with Crippen molar-refractivity contribution in [3.63, 3.8) is 0 Å². The first-order chi connectivity index (χ1) is 10.8. The fourth-order valence-corrected chi connectivity index (χ4v) is 2.95. The fraction of sp³-hybridized carbons (Fsp3) is 0.188. The van der Waals surface area contributed by atoms with E-state index in [1.165, 1.54) is 0 Å². The highest BCUT2D eigenvalue weighted by Crippen LogP contribution is 2.28. The average Bonchev–Trinajstić information content (AvgIpc) is 3.17. The summed E-state index contributed by atoms with van der Waals surface area (Å²) in [4.78, 5) is 13.0. The molecule has 0 bridgehead atoms. The lowest BCUT2D eigenvalue weighted by atomic mass is 10.2. The number of hydrogen-bond acceptors (Lipinski definition) is 5. The molecule has 112 valence electrons. The first kappa shape index (κ1) is 14.5. The molecular weight excluding hydrogens is 298 g/mol. The molecule has 0 fully saturated rings. The van der Waals surface area contributed by atoms with Gasteiger partial charge in [0.05, 0.1) is 18.0 Å². The van der Waals surface area contributed by atoms with E-state index >= 15 is 0 Å². The maximum atomic E-state index is 12.1. The zero-order chi connectivity index (χ0) is 15.4. The van der Waals surface area contributed by atoms with Crippen LogP contribution in [0.15, 0.2) is 47.8 Å². The van der Waals surface area contributed by atoms with Crippen LogP contribution in [0.5, 0.6) is 0 Å². The van der Waals surface area contributed by atoms with Gasteiger partial charge >= 0.3 is 5.97 Å². The predicted molar refractivity (Wildman–Crippen MR) is 84.8 cm³/mol. The van der Waals surface area contributed by atoms with Crippen LogP contribution in [0.2, 0.25) is 0 Å². The number of rotatable bonds is 5. The van der Waals surface area contributed by atoms with Crippen molar-refractivity contribution in [1.29, 1.82) is 0 Å². The number of thiophene rings is 1. The minimum Gasteiger partial charge on any atom is -0.461 e. The number of ether oxygens (including phenoxy) is 1. The lowest BCUT2D eigenvalue weighted by Crippen LogP contribution is -2.08. The number of hydrogen-bond donors (Lipinski definition) is 0. The minimum atomic E-state index is -0.440. The van der Waals surface area contributed by atoms with Crippen LogP contribution in [0.4, 0.5) is 0 Å². The third-order valence-corrected chi connectivity index (χ3v) is 4.01. The van der Waals surface area contributed by atoms with Gasteiger partial charge in [-0.3, -0.25) is 0 Å². The number of aromatic nitrogens is 3. The molecule has 3 rings (SSSR count). The zero-order valence-corrected chi connectivity index (χ0v) is 12.9. The molecule has 2 aromatic heterocycles. The van der Waals surface area contributed by atoms with E-state index in [0.29, 0.717) is 18.8 Å². The van der Waals surface area contributed by atoms with Gasteiger partial charge in [-0.1, -0.05) is 41.6 Å². The molecule has 0 aliphatic carbocycles. The van der Waals surface area contributed by atoms with Crippen LogP contribution in [-0.2, 0) is 11.3 Å². The summed E-state index contributed by atoms with van der Waals surface area (Å²) in [5.74, 6) is -0.440. The number of esters is 1. The van der Waals surface area contributed by atoms with Gasteiger partial charge in [-0.2, -0.15) is 0 Å². The predicted octanol–water partition coefficient (Wildman–Crippen LogP) is 3.23. The summed E-state index contributed by atoms with van der Waals surface area (Å²) in [6.07, 6.45) is 0. The molecule has 1 aromatic carbocycles. The zero-order valence-electron chi connectivity index (χ0n) is 12.1. The molecule has 0 unspecified atom stereocenters. The molecule has 3 aromatic rings. The van der Waals surface area contributed by atoms with Crippen LogP contribution >= 0.6 is 11.3 Å². The lowest BCUT2D eigenvalue weighted by Gasteiger charge is -2.06. The van der Waals surface area contributed by atoms with Gasteiger partial charge in [0.25, 0.3) is 0 Å². The Hall–Kier alpha value is -2.47. The Bertz CT molecular complexity index is 751. The van der Waals surface area contributed by atoms with Crippen molar-refractivity contribution in [3.8, 4) is 10.6 Å². The molecule has 0 N–H and O–H groups in total. The van der Waals surface area contributed by atoms with E-state index in [-0.39, 0.29) is 5.69 Å². The smallest absolute Gasteiger partial charge is 0.361 e. The maximum absolute atomic E-state index is 12.1. The fourth-order valence-electron chi connectivity index (χ4n) is 2.17. The van der Waals surface area contributed by atoms with Gasteiger partial charge in [0, 0.05) is 0 Å². The molecule has 6 heteroatoms. The van der Waals surface area contributed by atoms with Crippen LogP contribution in [-0.4, -0.2) is 27.6 Å². The van der Waals surface area contributed by atoms with Crippen molar-refractivity contribution in [2.75, 3.05) is 6.61 Å². The summed E-state index contributed by atoms with van der Waals surface area (Å²) in [7, 11) is 0. The highest BCUT2D eigenvalue weighted by atomic mass is 32.1. The summed E-state index contributed by atoms with van der Waals surface area (Å²) in [5, 5.41) is 10.1. The standard InChI is InChI=1S/C16H15N3O2S/c1-2-21-16(20)14-15(13-9-6-10-22-13)19(18-17-14)11-12-7-4-3-5-8-12/h3-10H,2,11H2,1H3. The van der Waals surface area contributed by atoms with E-state index in [9.17, 15) is 4.79 Å². The largest absolute Gasteiger partial charge is 0.461 e. The van der Waals surface area contributed by atoms with E-state index in [1.807, 2.05) is 47.8 Å². The van der Waals surface area contributed by atoms with Gasteiger partial charge in [-0.15, -0.1) is 16.4 Å². The van der Waals surface area contributed by atoms with Crippen molar-refractivity contribution >= 4 is 17.3 Å². The van der Waals surface area contributed by atoms with Crippen LogP contribution in [0.1, 0.15) is 23.0 Å². The molecule has 0 aliphatic rings. The average molecular weight is 313 g/mol. The Balaban J connectivity index is 2.01. The molecule has 0 radical (unpaired) electrons. The van der Waals surface area contributed by atoms with Gasteiger partial charge in [-0.05, 0) is 23.9 Å². The second-order valence-electron chi connectivity index (χ2n) is 4.63.